The van der Waals surface area contributed by atoms with Gasteiger partial charge in [-0.25, -0.2) is 9.59 Å². The first kappa shape index (κ1) is 20.8. The number of nitrogens with two attached hydrogens (primary N) is 1. The van der Waals surface area contributed by atoms with E-state index >= 15 is 0 Å². The molecule has 1 aromatic carbocycles. The Bertz CT molecular complexity index is 1060. The van der Waals surface area contributed by atoms with E-state index < -0.39 is 11.9 Å². The molecular weight excluding hydrogens is 388 g/mol. The fourth-order valence-electron chi connectivity index (χ4n) is 2.87. The summed E-state index contributed by atoms with van der Waals surface area (Å²) in [6.45, 7) is 5.06. The molecule has 4 N–H and O–H groups in total. The average Bonchev–Trinajstić information content (AvgIpc) is 3.01. The van der Waals surface area contributed by atoms with E-state index in [2.05, 4.69) is 25.3 Å². The summed E-state index contributed by atoms with van der Waals surface area (Å²) in [4.78, 5) is 39.7. The van der Waals surface area contributed by atoms with Crippen molar-refractivity contribution in [3.05, 3.63) is 58.7 Å². The number of nitrogens with zero attached hydrogens (tertiary/aromatic N) is 3. The highest BCUT2D eigenvalue weighted by Crippen LogP contribution is 2.20. The van der Waals surface area contributed by atoms with Crippen molar-refractivity contribution in [2.75, 3.05) is 17.7 Å². The second kappa shape index (κ2) is 9.03. The Kier molecular flexibility index (Phi) is 6.26. The van der Waals surface area contributed by atoms with Crippen LogP contribution in [0.2, 0.25) is 0 Å². The minimum Gasteiger partial charge on any atom is -0.462 e. The molecule has 0 aliphatic carbocycles. The number of rotatable bonds is 7. The molecule has 0 spiro atoms. The number of aromatic nitrogens is 4. The second-order valence-electron chi connectivity index (χ2n) is 6.35. The molecule has 3 aromatic rings. The number of carbonyl (C=O) groups excluding carboxylic acids is 2. The smallest absolute Gasteiger partial charge is 0.355 e. The van der Waals surface area contributed by atoms with E-state index in [9.17, 15) is 9.59 Å². The van der Waals surface area contributed by atoms with Gasteiger partial charge in [-0.15, -0.1) is 0 Å². The molecule has 0 fully saturated rings. The van der Waals surface area contributed by atoms with Crippen LogP contribution in [-0.2, 0) is 16.1 Å². The first-order chi connectivity index (χ1) is 14.4. The van der Waals surface area contributed by atoms with Crippen molar-refractivity contribution in [1.82, 2.24) is 19.9 Å². The first-order valence-corrected chi connectivity index (χ1v) is 9.25. The lowest BCUT2D eigenvalue weighted by Gasteiger charge is -2.08. The lowest BCUT2D eigenvalue weighted by Crippen LogP contribution is -2.12. The Morgan fingerprint density at radius 3 is 2.50 bits per heavy atom. The molecule has 156 valence electrons. The van der Waals surface area contributed by atoms with E-state index in [0.29, 0.717) is 16.8 Å². The quantitative estimate of drug-likeness (QED) is 0.500. The molecule has 0 amide bonds. The third kappa shape index (κ3) is 4.72. The Labute approximate surface area is 172 Å². The van der Waals surface area contributed by atoms with E-state index in [1.165, 1.54) is 0 Å². The highest BCUT2D eigenvalue weighted by molar-refractivity contribution is 5.98. The van der Waals surface area contributed by atoms with Crippen LogP contribution in [0.4, 0.5) is 17.6 Å². The maximum Gasteiger partial charge on any atom is 0.355 e. The lowest BCUT2D eigenvalue weighted by atomic mass is 10.1. The molecule has 2 heterocycles. The van der Waals surface area contributed by atoms with Gasteiger partial charge in [-0.3, -0.25) is 0 Å². The van der Waals surface area contributed by atoms with E-state index in [0.717, 1.165) is 5.69 Å². The van der Waals surface area contributed by atoms with Gasteiger partial charge in [-0.2, -0.15) is 15.0 Å². The first-order valence-electron chi connectivity index (χ1n) is 9.25. The summed E-state index contributed by atoms with van der Waals surface area (Å²) in [6.07, 6.45) is 0. The van der Waals surface area contributed by atoms with Gasteiger partial charge in [0.05, 0.1) is 12.2 Å². The largest absolute Gasteiger partial charge is 0.462 e. The highest BCUT2D eigenvalue weighted by atomic mass is 16.5. The molecular formula is C20H22N6O4. The lowest BCUT2D eigenvalue weighted by molar-refractivity contribution is 0.0455. The van der Waals surface area contributed by atoms with Gasteiger partial charge in [-0.05, 0) is 38.5 Å². The number of aromatic amines is 1. The maximum atomic E-state index is 12.5. The number of benzene rings is 1. The van der Waals surface area contributed by atoms with Gasteiger partial charge in [0.1, 0.15) is 5.69 Å². The van der Waals surface area contributed by atoms with Crippen molar-refractivity contribution in [3.8, 4) is 0 Å². The summed E-state index contributed by atoms with van der Waals surface area (Å²) in [5.74, 6) is -0.740. The average molecular weight is 410 g/mol. The summed E-state index contributed by atoms with van der Waals surface area (Å²) < 4.78 is 10.3. The van der Waals surface area contributed by atoms with Crippen LogP contribution in [0.3, 0.4) is 0 Å². The third-order valence-electron chi connectivity index (χ3n) is 4.18. The zero-order valence-corrected chi connectivity index (χ0v) is 16.9. The number of nitrogen functional groups attached to an aromatic ring is 1. The van der Waals surface area contributed by atoms with Gasteiger partial charge in [0, 0.05) is 11.4 Å². The molecule has 0 radical (unpaired) electrons. The predicted octanol–water partition coefficient (Wildman–Crippen LogP) is 2.68. The number of nitrogens with one attached hydrogen (secondary N) is 2. The van der Waals surface area contributed by atoms with Gasteiger partial charge < -0.3 is 25.5 Å². The normalized spacial score (nSPS) is 10.5. The SMILES string of the molecule is CCOC(=O)c1c(C)[nH]c(C(=O)OCc2nc(N)nc(Nc3ccccc3)n2)c1C. The van der Waals surface area contributed by atoms with E-state index in [4.69, 9.17) is 15.2 Å². The minimum absolute atomic E-state index is 0.00836. The number of hydrogen-bond acceptors (Lipinski definition) is 9. The van der Waals surface area contributed by atoms with Crippen molar-refractivity contribution in [2.45, 2.75) is 27.4 Å². The maximum absolute atomic E-state index is 12.5. The Morgan fingerprint density at radius 1 is 1.07 bits per heavy atom. The molecule has 0 unspecified atom stereocenters. The number of para-hydroxylation sites is 1. The minimum atomic E-state index is -0.650. The summed E-state index contributed by atoms with van der Waals surface area (Å²) in [7, 11) is 0. The van der Waals surface area contributed by atoms with Crippen molar-refractivity contribution < 1.29 is 19.1 Å². The number of esters is 2. The fourth-order valence-corrected chi connectivity index (χ4v) is 2.87. The highest BCUT2D eigenvalue weighted by Gasteiger charge is 2.24. The molecule has 2 aromatic heterocycles. The van der Waals surface area contributed by atoms with Crippen LogP contribution in [0.15, 0.2) is 30.3 Å². The van der Waals surface area contributed by atoms with Gasteiger partial charge in [0.15, 0.2) is 12.4 Å². The summed E-state index contributed by atoms with van der Waals surface area (Å²) >= 11 is 0. The van der Waals surface area contributed by atoms with Crippen LogP contribution in [-0.4, -0.2) is 38.5 Å². The molecule has 0 bridgehead atoms. The van der Waals surface area contributed by atoms with E-state index in [-0.39, 0.29) is 36.6 Å². The molecule has 0 saturated carbocycles. The van der Waals surface area contributed by atoms with Gasteiger partial charge in [0.25, 0.3) is 0 Å². The molecule has 3 rings (SSSR count). The number of hydrogen-bond donors (Lipinski definition) is 3. The fraction of sp³-hybridized carbons (Fsp3) is 0.250. The van der Waals surface area contributed by atoms with Crippen LogP contribution in [0, 0.1) is 13.8 Å². The van der Waals surface area contributed by atoms with Crippen molar-refractivity contribution >= 4 is 29.5 Å². The zero-order valence-electron chi connectivity index (χ0n) is 16.9. The van der Waals surface area contributed by atoms with Crippen LogP contribution in [0.1, 0.15) is 44.9 Å². The molecule has 30 heavy (non-hydrogen) atoms. The van der Waals surface area contributed by atoms with Gasteiger partial charge in [0.2, 0.25) is 11.9 Å². The Hall–Kier alpha value is -3.95. The second-order valence-corrected chi connectivity index (χ2v) is 6.35. The topological polar surface area (TPSA) is 145 Å². The van der Waals surface area contributed by atoms with Crippen LogP contribution >= 0.6 is 0 Å². The molecule has 0 aliphatic rings. The number of carbonyl (C=O) groups is 2. The summed E-state index contributed by atoms with van der Waals surface area (Å²) in [6, 6.07) is 9.30. The van der Waals surface area contributed by atoms with Gasteiger partial charge in [-0.1, -0.05) is 18.2 Å². The molecule has 10 nitrogen and oxygen atoms in total. The van der Waals surface area contributed by atoms with Crippen LogP contribution in [0.25, 0.3) is 0 Å². The number of ether oxygens (including phenoxy) is 2. The molecule has 0 aliphatic heterocycles. The van der Waals surface area contributed by atoms with Crippen molar-refractivity contribution in [2.24, 2.45) is 0 Å². The van der Waals surface area contributed by atoms with Crippen molar-refractivity contribution in [1.29, 1.82) is 0 Å². The number of anilines is 3. The standard InChI is InChI=1S/C20H22N6O4/c1-4-29-17(27)15-11(2)16(22-12(15)3)18(28)30-10-14-24-19(21)26-20(25-14)23-13-8-6-5-7-9-13/h5-9,22H,4,10H2,1-3H3,(H3,21,23,24,25,26). The van der Waals surface area contributed by atoms with E-state index in [1.54, 1.807) is 20.8 Å². The summed E-state index contributed by atoms with van der Waals surface area (Å²) in [5.41, 5.74) is 7.98. The van der Waals surface area contributed by atoms with Gasteiger partial charge >= 0.3 is 11.9 Å². The number of aryl methyl sites for hydroxylation is 1. The van der Waals surface area contributed by atoms with Crippen LogP contribution in [0.5, 0.6) is 0 Å². The summed E-state index contributed by atoms with van der Waals surface area (Å²) in [5, 5.41) is 3.01. The monoisotopic (exact) mass is 410 g/mol. The Morgan fingerprint density at radius 2 is 1.80 bits per heavy atom. The molecule has 0 atom stereocenters. The Balaban J connectivity index is 1.72. The zero-order chi connectivity index (χ0) is 21.7. The predicted molar refractivity (Wildman–Crippen MR) is 109 cm³/mol. The third-order valence-corrected chi connectivity index (χ3v) is 4.18. The molecule has 10 heteroatoms. The molecule has 0 saturated heterocycles. The van der Waals surface area contributed by atoms with Crippen molar-refractivity contribution in [3.63, 3.8) is 0 Å². The number of H-pyrrole nitrogens is 1. The van der Waals surface area contributed by atoms with E-state index in [1.807, 2.05) is 30.3 Å². The van der Waals surface area contributed by atoms with Crippen LogP contribution < -0.4 is 11.1 Å².